The number of carbonyl (C=O) groups is 1. The molecule has 0 heterocycles. The van der Waals surface area contributed by atoms with E-state index >= 15 is 0 Å². The van der Waals surface area contributed by atoms with Gasteiger partial charge in [-0.05, 0) is 24.6 Å². The van der Waals surface area contributed by atoms with E-state index in [0.717, 1.165) is 11.1 Å². The van der Waals surface area contributed by atoms with Crippen molar-refractivity contribution in [2.24, 2.45) is 0 Å². The van der Waals surface area contributed by atoms with E-state index in [1.165, 1.54) is 13.0 Å². The normalized spacial score (nSPS) is 9.85. The van der Waals surface area contributed by atoms with Crippen LogP contribution in [-0.4, -0.2) is 5.78 Å². The molecule has 0 aliphatic heterocycles. The molecule has 1 nitrogen and oxygen atoms in total. The van der Waals surface area contributed by atoms with Gasteiger partial charge in [-0.3, -0.25) is 4.79 Å². The predicted octanol–water partition coefficient (Wildman–Crippen LogP) is 2.27. The first-order valence-corrected chi connectivity index (χ1v) is 3.98. The average molecular weight is 170 g/mol. The van der Waals surface area contributed by atoms with Crippen molar-refractivity contribution in [1.29, 1.82) is 0 Å². The Bertz CT molecular complexity index is 380. The van der Waals surface area contributed by atoms with Crippen LogP contribution in [0.3, 0.4) is 0 Å². The van der Waals surface area contributed by atoms with Crippen molar-refractivity contribution in [3.05, 3.63) is 41.5 Å². The van der Waals surface area contributed by atoms with Crippen LogP contribution in [0.15, 0.2) is 30.3 Å². The maximum Gasteiger partial charge on any atom is 0.152 e. The molecule has 0 saturated heterocycles. The third kappa shape index (κ3) is 2.61. The minimum absolute atomic E-state index is 0.0202. The number of allylic oxidation sites excluding steroid dienone is 1. The van der Waals surface area contributed by atoms with E-state index in [0.29, 0.717) is 0 Å². The van der Waals surface area contributed by atoms with Gasteiger partial charge in [0.25, 0.3) is 0 Å². The Morgan fingerprint density at radius 2 is 2.15 bits per heavy atom. The summed E-state index contributed by atoms with van der Waals surface area (Å²) in [6.07, 6.45) is 8.53. The van der Waals surface area contributed by atoms with Gasteiger partial charge >= 0.3 is 0 Å². The van der Waals surface area contributed by atoms with Crippen LogP contribution in [0.25, 0.3) is 6.08 Å². The zero-order valence-corrected chi connectivity index (χ0v) is 7.45. The van der Waals surface area contributed by atoms with Crippen LogP contribution < -0.4 is 0 Å². The van der Waals surface area contributed by atoms with Gasteiger partial charge in [0.05, 0.1) is 0 Å². The Morgan fingerprint density at radius 3 is 2.77 bits per heavy atom. The molecule has 13 heavy (non-hydrogen) atoms. The fraction of sp³-hybridized carbons (Fsp3) is 0.0833. The van der Waals surface area contributed by atoms with Gasteiger partial charge in [-0.25, -0.2) is 0 Å². The largest absolute Gasteiger partial charge is 0.295 e. The molecule has 0 unspecified atom stereocenters. The molecule has 0 aromatic heterocycles. The van der Waals surface area contributed by atoms with E-state index in [1.807, 2.05) is 24.3 Å². The molecule has 0 aliphatic carbocycles. The summed E-state index contributed by atoms with van der Waals surface area (Å²) in [5.41, 5.74) is 1.71. The number of rotatable bonds is 2. The SMILES string of the molecule is C#Cc1ccccc1C=CC(C)=O. The highest BCUT2D eigenvalue weighted by molar-refractivity contribution is 5.91. The van der Waals surface area contributed by atoms with Crippen molar-refractivity contribution in [1.82, 2.24) is 0 Å². The fourth-order valence-corrected chi connectivity index (χ4v) is 0.981. The van der Waals surface area contributed by atoms with E-state index in [2.05, 4.69) is 5.92 Å². The molecule has 0 N–H and O–H groups in total. The highest BCUT2D eigenvalue weighted by Crippen LogP contribution is 2.08. The van der Waals surface area contributed by atoms with Crippen molar-refractivity contribution in [3.8, 4) is 12.3 Å². The van der Waals surface area contributed by atoms with Crippen molar-refractivity contribution in [2.75, 3.05) is 0 Å². The second-order valence-electron chi connectivity index (χ2n) is 2.68. The monoisotopic (exact) mass is 170 g/mol. The molecule has 0 fully saturated rings. The molecule has 0 amide bonds. The van der Waals surface area contributed by atoms with Crippen LogP contribution in [-0.2, 0) is 4.79 Å². The third-order valence-corrected chi connectivity index (χ3v) is 1.61. The molecule has 64 valence electrons. The van der Waals surface area contributed by atoms with Gasteiger partial charge in [-0.1, -0.05) is 30.2 Å². The predicted molar refractivity (Wildman–Crippen MR) is 54.1 cm³/mol. The summed E-state index contributed by atoms with van der Waals surface area (Å²) in [7, 11) is 0. The highest BCUT2D eigenvalue weighted by Gasteiger charge is 1.93. The van der Waals surface area contributed by atoms with Gasteiger partial charge in [-0.2, -0.15) is 0 Å². The van der Waals surface area contributed by atoms with Crippen LogP contribution in [0.2, 0.25) is 0 Å². The molecule has 0 atom stereocenters. The zero-order chi connectivity index (χ0) is 9.68. The molecule has 0 bridgehead atoms. The van der Waals surface area contributed by atoms with E-state index in [9.17, 15) is 4.79 Å². The molecule has 0 aliphatic rings. The van der Waals surface area contributed by atoms with Crippen molar-refractivity contribution in [3.63, 3.8) is 0 Å². The van der Waals surface area contributed by atoms with E-state index in [4.69, 9.17) is 6.42 Å². The highest BCUT2D eigenvalue weighted by atomic mass is 16.1. The van der Waals surface area contributed by atoms with Crippen LogP contribution in [0.4, 0.5) is 0 Å². The summed E-state index contributed by atoms with van der Waals surface area (Å²) in [5.74, 6) is 2.58. The van der Waals surface area contributed by atoms with E-state index in [1.54, 1.807) is 6.08 Å². The minimum atomic E-state index is 0.0202. The first-order valence-electron chi connectivity index (χ1n) is 3.98. The standard InChI is InChI=1S/C12H10O/c1-3-11-6-4-5-7-12(11)9-8-10(2)13/h1,4-9H,2H3. The fourth-order valence-electron chi connectivity index (χ4n) is 0.981. The second kappa shape index (κ2) is 4.27. The quantitative estimate of drug-likeness (QED) is 0.491. The Kier molecular flexibility index (Phi) is 3.05. The van der Waals surface area contributed by atoms with Crippen molar-refractivity contribution in [2.45, 2.75) is 6.92 Å². The Hall–Kier alpha value is -1.81. The molecule has 0 spiro atoms. The van der Waals surface area contributed by atoms with Crippen LogP contribution >= 0.6 is 0 Å². The number of benzene rings is 1. The van der Waals surface area contributed by atoms with Gasteiger partial charge in [0, 0.05) is 5.56 Å². The first-order chi connectivity index (χ1) is 6.24. The lowest BCUT2D eigenvalue weighted by Crippen LogP contribution is -1.83. The Morgan fingerprint density at radius 1 is 1.46 bits per heavy atom. The molecule has 1 rings (SSSR count). The molecule has 0 saturated carbocycles. The molecular weight excluding hydrogens is 160 g/mol. The number of terminal acetylenes is 1. The number of ketones is 1. The topological polar surface area (TPSA) is 17.1 Å². The minimum Gasteiger partial charge on any atom is -0.295 e. The van der Waals surface area contributed by atoms with Gasteiger partial charge in [0.15, 0.2) is 5.78 Å². The maximum absolute atomic E-state index is 10.7. The summed E-state index contributed by atoms with van der Waals surface area (Å²) in [5, 5.41) is 0. The molecule has 1 aromatic carbocycles. The number of carbonyl (C=O) groups excluding carboxylic acids is 1. The average Bonchev–Trinajstić information content (AvgIpc) is 2.15. The summed E-state index contributed by atoms with van der Waals surface area (Å²) in [4.78, 5) is 10.7. The van der Waals surface area contributed by atoms with E-state index in [-0.39, 0.29) is 5.78 Å². The lowest BCUT2D eigenvalue weighted by Gasteiger charge is -1.96. The summed E-state index contributed by atoms with van der Waals surface area (Å²) in [6.45, 7) is 1.51. The van der Waals surface area contributed by atoms with Gasteiger partial charge in [0.2, 0.25) is 0 Å². The maximum atomic E-state index is 10.7. The Balaban J connectivity index is 3.02. The number of hydrogen-bond acceptors (Lipinski definition) is 1. The smallest absolute Gasteiger partial charge is 0.152 e. The van der Waals surface area contributed by atoms with Crippen LogP contribution in [0.5, 0.6) is 0 Å². The lowest BCUT2D eigenvalue weighted by atomic mass is 10.1. The van der Waals surface area contributed by atoms with Crippen LogP contribution in [0.1, 0.15) is 18.1 Å². The molecule has 0 radical (unpaired) electrons. The lowest BCUT2D eigenvalue weighted by molar-refractivity contribution is -0.112. The Labute approximate surface area is 78.1 Å². The van der Waals surface area contributed by atoms with Gasteiger partial charge in [-0.15, -0.1) is 6.42 Å². The van der Waals surface area contributed by atoms with Gasteiger partial charge < -0.3 is 0 Å². The first kappa shape index (κ1) is 9.28. The summed E-state index contributed by atoms with van der Waals surface area (Å²) < 4.78 is 0. The second-order valence-corrected chi connectivity index (χ2v) is 2.68. The zero-order valence-electron chi connectivity index (χ0n) is 7.45. The van der Waals surface area contributed by atoms with Crippen molar-refractivity contribution < 1.29 is 4.79 Å². The molecule has 1 heteroatoms. The summed E-state index contributed by atoms with van der Waals surface area (Å²) >= 11 is 0. The molecule has 1 aromatic rings. The third-order valence-electron chi connectivity index (χ3n) is 1.61. The van der Waals surface area contributed by atoms with Crippen molar-refractivity contribution >= 4 is 11.9 Å². The summed E-state index contributed by atoms with van der Waals surface area (Å²) in [6, 6.07) is 7.50. The van der Waals surface area contributed by atoms with E-state index < -0.39 is 0 Å². The molecular formula is C12H10O. The van der Waals surface area contributed by atoms with Gasteiger partial charge in [0.1, 0.15) is 0 Å². The number of hydrogen-bond donors (Lipinski definition) is 0. The van der Waals surface area contributed by atoms with Crippen LogP contribution in [0, 0.1) is 12.3 Å².